The average molecular weight is 352 g/mol. The lowest BCUT2D eigenvalue weighted by molar-refractivity contribution is -0.122. The minimum Gasteiger partial charge on any atom is -0.355 e. The number of likely N-dealkylation sites (tertiary alicyclic amines) is 1. The van der Waals surface area contributed by atoms with E-state index >= 15 is 0 Å². The van der Waals surface area contributed by atoms with Crippen molar-refractivity contribution in [3.8, 4) is 0 Å². The van der Waals surface area contributed by atoms with Gasteiger partial charge in [-0.2, -0.15) is 0 Å². The van der Waals surface area contributed by atoms with Crippen LogP contribution < -0.4 is 16.0 Å². The van der Waals surface area contributed by atoms with E-state index in [1.165, 1.54) is 38.8 Å². The molecule has 0 aromatic rings. The molecule has 1 aliphatic heterocycles. The van der Waals surface area contributed by atoms with Crippen molar-refractivity contribution >= 4 is 11.9 Å². The lowest BCUT2D eigenvalue weighted by Gasteiger charge is -2.34. The van der Waals surface area contributed by atoms with Crippen molar-refractivity contribution in [2.45, 2.75) is 58.4 Å². The van der Waals surface area contributed by atoms with Gasteiger partial charge in [0.15, 0.2) is 5.96 Å². The highest BCUT2D eigenvalue weighted by Crippen LogP contribution is 2.28. The van der Waals surface area contributed by atoms with Crippen molar-refractivity contribution in [3.05, 3.63) is 0 Å². The van der Waals surface area contributed by atoms with E-state index in [4.69, 9.17) is 0 Å². The third-order valence-corrected chi connectivity index (χ3v) is 5.25. The van der Waals surface area contributed by atoms with Gasteiger partial charge >= 0.3 is 0 Å². The van der Waals surface area contributed by atoms with Gasteiger partial charge in [-0.3, -0.25) is 14.7 Å². The Morgan fingerprint density at radius 3 is 2.24 bits per heavy atom. The summed E-state index contributed by atoms with van der Waals surface area (Å²) in [6.07, 6.45) is 7.47. The Hall–Kier alpha value is -1.30. The molecule has 25 heavy (non-hydrogen) atoms. The molecule has 3 N–H and O–H groups in total. The molecule has 0 bridgehead atoms. The van der Waals surface area contributed by atoms with Crippen LogP contribution in [0.2, 0.25) is 0 Å². The van der Waals surface area contributed by atoms with E-state index in [0.29, 0.717) is 25.0 Å². The van der Waals surface area contributed by atoms with Crippen LogP contribution in [0.15, 0.2) is 4.99 Å². The van der Waals surface area contributed by atoms with Gasteiger partial charge in [0.1, 0.15) is 0 Å². The summed E-state index contributed by atoms with van der Waals surface area (Å²) < 4.78 is 0. The molecular formula is C19H37N5O. The number of carbonyl (C=O) groups excluding carboxylic acids is 1. The van der Waals surface area contributed by atoms with Gasteiger partial charge in [-0.25, -0.2) is 0 Å². The normalized spacial score (nSPS) is 20.9. The molecule has 1 unspecified atom stereocenters. The fourth-order valence-corrected chi connectivity index (χ4v) is 3.49. The lowest BCUT2D eigenvalue weighted by Crippen LogP contribution is -2.50. The van der Waals surface area contributed by atoms with Crippen LogP contribution in [0.5, 0.6) is 0 Å². The smallest absolute Gasteiger partial charge is 0.223 e. The molecule has 0 spiro atoms. The maximum Gasteiger partial charge on any atom is 0.223 e. The molecule has 2 fully saturated rings. The average Bonchev–Trinajstić information content (AvgIpc) is 3.43. The zero-order chi connectivity index (χ0) is 18.1. The highest BCUT2D eigenvalue weighted by Gasteiger charge is 2.29. The predicted octanol–water partition coefficient (Wildman–Crippen LogP) is 1.58. The minimum atomic E-state index is 0.200. The van der Waals surface area contributed by atoms with Crippen LogP contribution in [-0.2, 0) is 4.79 Å². The van der Waals surface area contributed by atoms with Crippen LogP contribution in [0.4, 0.5) is 0 Å². The predicted molar refractivity (Wildman–Crippen MR) is 104 cm³/mol. The molecule has 1 atom stereocenters. The third-order valence-electron chi connectivity index (χ3n) is 5.25. The standard InChI is InChI=1S/C19H37N5O/c1-15(2)17(24-12-6-4-5-7-13-24)14-23-19(20-3)22-11-10-21-18(25)16-8-9-16/h15-17H,4-14H2,1-3H3,(H,21,25)(H2,20,22,23). The van der Waals surface area contributed by atoms with Gasteiger partial charge in [0.25, 0.3) is 0 Å². The minimum absolute atomic E-state index is 0.200. The number of hydrogen-bond acceptors (Lipinski definition) is 3. The van der Waals surface area contributed by atoms with Crippen LogP contribution in [0, 0.1) is 11.8 Å². The van der Waals surface area contributed by atoms with Crippen molar-refractivity contribution in [1.82, 2.24) is 20.9 Å². The van der Waals surface area contributed by atoms with Crippen LogP contribution in [0.1, 0.15) is 52.4 Å². The monoisotopic (exact) mass is 351 g/mol. The second-order valence-corrected chi connectivity index (χ2v) is 7.71. The van der Waals surface area contributed by atoms with Crippen LogP contribution in [-0.4, -0.2) is 62.6 Å². The second kappa shape index (κ2) is 10.6. The number of rotatable bonds is 8. The first-order valence-electron chi connectivity index (χ1n) is 10.1. The zero-order valence-corrected chi connectivity index (χ0v) is 16.3. The molecule has 6 nitrogen and oxygen atoms in total. The molecule has 0 aromatic heterocycles. The van der Waals surface area contributed by atoms with E-state index in [1.54, 1.807) is 7.05 Å². The molecule has 2 rings (SSSR count). The van der Waals surface area contributed by atoms with E-state index in [9.17, 15) is 4.79 Å². The summed E-state index contributed by atoms with van der Waals surface area (Å²) in [5.41, 5.74) is 0. The summed E-state index contributed by atoms with van der Waals surface area (Å²) in [5, 5.41) is 9.75. The molecule has 6 heteroatoms. The Labute approximate surface area is 153 Å². The first-order chi connectivity index (χ1) is 12.1. The van der Waals surface area contributed by atoms with Gasteiger partial charge in [0.2, 0.25) is 5.91 Å². The van der Waals surface area contributed by atoms with Gasteiger partial charge in [0, 0.05) is 38.6 Å². The lowest BCUT2D eigenvalue weighted by atomic mass is 10.0. The molecule has 0 radical (unpaired) electrons. The van der Waals surface area contributed by atoms with Gasteiger partial charge in [0.05, 0.1) is 0 Å². The van der Waals surface area contributed by atoms with E-state index in [0.717, 1.165) is 25.3 Å². The Morgan fingerprint density at radius 2 is 1.68 bits per heavy atom. The third kappa shape index (κ3) is 7.22. The van der Waals surface area contributed by atoms with Gasteiger partial charge in [-0.15, -0.1) is 0 Å². The molecule has 2 aliphatic rings. The van der Waals surface area contributed by atoms with E-state index in [2.05, 4.69) is 39.7 Å². The molecule has 1 saturated heterocycles. The van der Waals surface area contributed by atoms with Crippen molar-refractivity contribution in [2.24, 2.45) is 16.8 Å². The largest absolute Gasteiger partial charge is 0.355 e. The van der Waals surface area contributed by atoms with Gasteiger partial charge < -0.3 is 16.0 Å². The fraction of sp³-hybridized carbons (Fsp3) is 0.895. The number of hydrogen-bond donors (Lipinski definition) is 3. The number of aliphatic imine (C=N–C) groups is 1. The summed E-state index contributed by atoms with van der Waals surface area (Å²) in [4.78, 5) is 18.6. The maximum atomic E-state index is 11.6. The molecule has 1 saturated carbocycles. The summed E-state index contributed by atoms with van der Waals surface area (Å²) in [6.45, 7) is 9.30. The van der Waals surface area contributed by atoms with E-state index in [-0.39, 0.29) is 11.8 Å². The highest BCUT2D eigenvalue weighted by atomic mass is 16.2. The number of guanidine groups is 1. The topological polar surface area (TPSA) is 68.8 Å². The quantitative estimate of drug-likeness (QED) is 0.353. The number of nitrogens with zero attached hydrogens (tertiary/aromatic N) is 2. The number of amides is 1. The SMILES string of the molecule is CN=C(NCCNC(=O)C1CC1)NCC(C(C)C)N1CCCCCC1. The number of carbonyl (C=O) groups is 1. The molecular weight excluding hydrogens is 314 g/mol. The molecule has 144 valence electrons. The first-order valence-corrected chi connectivity index (χ1v) is 10.1. The van der Waals surface area contributed by atoms with E-state index < -0.39 is 0 Å². The summed E-state index contributed by atoms with van der Waals surface area (Å²) in [7, 11) is 1.80. The van der Waals surface area contributed by atoms with Crippen molar-refractivity contribution in [3.63, 3.8) is 0 Å². The summed E-state index contributed by atoms with van der Waals surface area (Å²) in [5.74, 6) is 1.91. The molecule has 1 aliphatic carbocycles. The van der Waals surface area contributed by atoms with Crippen LogP contribution >= 0.6 is 0 Å². The Morgan fingerprint density at radius 1 is 1.04 bits per heavy atom. The van der Waals surface area contributed by atoms with Crippen LogP contribution in [0.3, 0.4) is 0 Å². The van der Waals surface area contributed by atoms with Gasteiger partial charge in [-0.1, -0.05) is 26.7 Å². The Balaban J connectivity index is 1.69. The van der Waals surface area contributed by atoms with E-state index in [1.807, 2.05) is 0 Å². The van der Waals surface area contributed by atoms with Crippen molar-refractivity contribution < 1.29 is 4.79 Å². The Bertz CT molecular complexity index is 426. The van der Waals surface area contributed by atoms with Crippen LogP contribution in [0.25, 0.3) is 0 Å². The fourth-order valence-electron chi connectivity index (χ4n) is 3.49. The number of nitrogens with one attached hydrogen (secondary N) is 3. The zero-order valence-electron chi connectivity index (χ0n) is 16.3. The Kier molecular flexibility index (Phi) is 8.52. The first kappa shape index (κ1) is 20.0. The molecule has 1 amide bonds. The summed E-state index contributed by atoms with van der Waals surface area (Å²) in [6, 6.07) is 0.534. The van der Waals surface area contributed by atoms with Crippen molar-refractivity contribution in [1.29, 1.82) is 0 Å². The highest BCUT2D eigenvalue weighted by molar-refractivity contribution is 5.81. The summed E-state index contributed by atoms with van der Waals surface area (Å²) >= 11 is 0. The molecule has 0 aromatic carbocycles. The van der Waals surface area contributed by atoms with Crippen molar-refractivity contribution in [2.75, 3.05) is 39.8 Å². The van der Waals surface area contributed by atoms with Gasteiger partial charge in [-0.05, 0) is 44.7 Å². The second-order valence-electron chi connectivity index (χ2n) is 7.71. The molecule has 1 heterocycles. The maximum absolute atomic E-state index is 11.6.